The molecule has 0 atom stereocenters. The van der Waals surface area contributed by atoms with Crippen molar-refractivity contribution in [2.75, 3.05) is 0 Å². The zero-order chi connectivity index (χ0) is 11.4. The molecular formula is C14H31Pt. The molecule has 0 nitrogen and oxygen atoms in total. The van der Waals surface area contributed by atoms with E-state index in [4.69, 9.17) is 0 Å². The van der Waals surface area contributed by atoms with Gasteiger partial charge in [0.05, 0.1) is 0 Å². The minimum atomic E-state index is -0.402. The SMILES string of the molecule is CCCCCCCCCCC[CH2][Pt]([CH3])[CH3]. The van der Waals surface area contributed by atoms with Gasteiger partial charge in [-0.3, -0.25) is 0 Å². The summed E-state index contributed by atoms with van der Waals surface area (Å²) >= 11 is -0.402. The Kier molecular flexibility index (Phi) is 13.3. The summed E-state index contributed by atoms with van der Waals surface area (Å²) in [5.41, 5.74) is 0. The van der Waals surface area contributed by atoms with Crippen LogP contribution in [0.3, 0.4) is 0 Å². The topological polar surface area (TPSA) is 0 Å². The number of rotatable bonds is 11. The van der Waals surface area contributed by atoms with Crippen LogP contribution in [-0.4, -0.2) is 0 Å². The summed E-state index contributed by atoms with van der Waals surface area (Å²) in [5, 5.41) is 4.97. The summed E-state index contributed by atoms with van der Waals surface area (Å²) in [4.78, 5) is 1.58. The fraction of sp³-hybridized carbons (Fsp3) is 1.00. The van der Waals surface area contributed by atoms with Crippen LogP contribution in [0, 0.1) is 0 Å². The fourth-order valence-corrected chi connectivity index (χ4v) is 3.96. The van der Waals surface area contributed by atoms with Crippen molar-refractivity contribution < 1.29 is 17.3 Å². The molecule has 97 valence electrons. The van der Waals surface area contributed by atoms with Gasteiger partial charge in [-0.1, -0.05) is 0 Å². The molecule has 0 spiro atoms. The van der Waals surface area contributed by atoms with Crippen molar-refractivity contribution in [3.63, 3.8) is 0 Å². The molecule has 15 heavy (non-hydrogen) atoms. The molecule has 0 saturated heterocycles. The summed E-state index contributed by atoms with van der Waals surface area (Å²) in [5.74, 6) is 0. The van der Waals surface area contributed by atoms with Crippen molar-refractivity contribution in [2.24, 2.45) is 0 Å². The summed E-state index contributed by atoms with van der Waals surface area (Å²) in [6.45, 7) is 2.29. The molecule has 0 unspecified atom stereocenters. The van der Waals surface area contributed by atoms with Crippen LogP contribution in [0.2, 0.25) is 15.4 Å². The van der Waals surface area contributed by atoms with Crippen LogP contribution >= 0.6 is 0 Å². The Morgan fingerprint density at radius 1 is 0.600 bits per heavy atom. The molecule has 0 rings (SSSR count). The molecule has 0 fully saturated rings. The Hall–Kier alpha value is 0.688. The van der Waals surface area contributed by atoms with Crippen LogP contribution < -0.4 is 0 Å². The minimum absolute atomic E-state index is 0.402. The predicted molar refractivity (Wildman–Crippen MR) is 68.4 cm³/mol. The van der Waals surface area contributed by atoms with E-state index in [9.17, 15) is 0 Å². The third-order valence-corrected chi connectivity index (χ3v) is 5.86. The molecule has 0 aromatic heterocycles. The molecule has 0 N–H and O–H groups in total. The monoisotopic (exact) mass is 394 g/mol. The van der Waals surface area contributed by atoms with Crippen molar-refractivity contribution in [2.45, 2.75) is 86.6 Å². The van der Waals surface area contributed by atoms with Crippen molar-refractivity contribution in [3.8, 4) is 0 Å². The van der Waals surface area contributed by atoms with Crippen LogP contribution in [0.15, 0.2) is 0 Å². The van der Waals surface area contributed by atoms with Crippen molar-refractivity contribution in [1.29, 1.82) is 0 Å². The number of unbranched alkanes of at least 4 members (excludes halogenated alkanes) is 9. The van der Waals surface area contributed by atoms with Gasteiger partial charge in [-0.2, -0.15) is 0 Å². The van der Waals surface area contributed by atoms with E-state index >= 15 is 0 Å². The molecule has 0 aliphatic heterocycles. The first kappa shape index (κ1) is 15.7. The van der Waals surface area contributed by atoms with Crippen molar-refractivity contribution in [3.05, 3.63) is 0 Å². The third-order valence-electron chi connectivity index (χ3n) is 2.78. The van der Waals surface area contributed by atoms with E-state index in [1.165, 1.54) is 64.2 Å². The number of hydrogen-bond acceptors (Lipinski definition) is 0. The molecule has 0 heterocycles. The summed E-state index contributed by atoms with van der Waals surface area (Å²) in [6.07, 6.45) is 14.8. The third kappa shape index (κ3) is 14.7. The second-order valence-corrected chi connectivity index (χ2v) is 11.2. The average Bonchev–Trinajstić information content (AvgIpc) is 2.20. The van der Waals surface area contributed by atoms with E-state index in [1.54, 1.807) is 4.81 Å². The van der Waals surface area contributed by atoms with Gasteiger partial charge in [-0.15, -0.1) is 0 Å². The quantitative estimate of drug-likeness (QED) is 0.375. The van der Waals surface area contributed by atoms with E-state index in [2.05, 4.69) is 17.6 Å². The van der Waals surface area contributed by atoms with Gasteiger partial charge in [0, 0.05) is 0 Å². The summed E-state index contributed by atoms with van der Waals surface area (Å²) in [7, 11) is 0. The average molecular weight is 394 g/mol. The van der Waals surface area contributed by atoms with Gasteiger partial charge in [-0.25, -0.2) is 0 Å². The van der Waals surface area contributed by atoms with Crippen LogP contribution in [0.1, 0.15) is 71.1 Å². The first-order chi connectivity index (χ1) is 7.27. The molecule has 1 heteroatoms. The summed E-state index contributed by atoms with van der Waals surface area (Å²) in [6, 6.07) is 0. The van der Waals surface area contributed by atoms with Crippen LogP contribution in [-0.2, 0) is 17.3 Å². The summed E-state index contributed by atoms with van der Waals surface area (Å²) < 4.78 is 0. The van der Waals surface area contributed by atoms with Crippen molar-refractivity contribution in [1.82, 2.24) is 0 Å². The van der Waals surface area contributed by atoms with Gasteiger partial charge < -0.3 is 0 Å². The van der Waals surface area contributed by atoms with Gasteiger partial charge in [0.25, 0.3) is 0 Å². The second kappa shape index (κ2) is 12.8. The van der Waals surface area contributed by atoms with E-state index < -0.39 is 17.3 Å². The molecule has 0 aliphatic rings. The van der Waals surface area contributed by atoms with E-state index in [0.29, 0.717) is 0 Å². The van der Waals surface area contributed by atoms with Gasteiger partial charge >= 0.3 is 104 Å². The normalized spacial score (nSPS) is 11.8. The first-order valence-corrected chi connectivity index (χ1v) is 12.7. The Morgan fingerprint density at radius 3 is 1.40 bits per heavy atom. The second-order valence-electron chi connectivity index (χ2n) is 4.60. The van der Waals surface area contributed by atoms with Gasteiger partial charge in [0.1, 0.15) is 0 Å². The van der Waals surface area contributed by atoms with Gasteiger partial charge in [0.2, 0.25) is 0 Å². The van der Waals surface area contributed by atoms with E-state index in [1.807, 2.05) is 0 Å². The van der Waals surface area contributed by atoms with Crippen LogP contribution in [0.25, 0.3) is 0 Å². The fourth-order valence-electron chi connectivity index (χ4n) is 1.79. The standard InChI is InChI=1S/C12H25.2CH3.Pt/c1-3-5-7-9-11-12-10-8-6-4-2;;;/h1,3-12H2,2H3;2*1H3;. The van der Waals surface area contributed by atoms with Gasteiger partial charge in [-0.05, 0) is 0 Å². The molecule has 0 aliphatic carbocycles. The zero-order valence-electron chi connectivity index (χ0n) is 11.1. The molecule has 0 aromatic carbocycles. The first-order valence-electron chi connectivity index (χ1n) is 6.56. The molecule has 0 radical (unpaired) electrons. The Labute approximate surface area is 104 Å². The molecule has 0 bridgehead atoms. The molecule has 0 aromatic rings. The van der Waals surface area contributed by atoms with E-state index in [-0.39, 0.29) is 0 Å². The van der Waals surface area contributed by atoms with Gasteiger partial charge in [0.15, 0.2) is 0 Å². The number of hydrogen-bond donors (Lipinski definition) is 0. The Balaban J connectivity index is 2.87. The molecule has 0 amide bonds. The molecule has 0 saturated carbocycles. The maximum absolute atomic E-state index is 2.48. The van der Waals surface area contributed by atoms with Crippen LogP contribution in [0.5, 0.6) is 0 Å². The van der Waals surface area contributed by atoms with E-state index in [0.717, 1.165) is 0 Å². The molecular weight excluding hydrogens is 363 g/mol. The van der Waals surface area contributed by atoms with Crippen LogP contribution in [0.4, 0.5) is 0 Å². The predicted octanol–water partition coefficient (Wildman–Crippen LogP) is 6.04. The van der Waals surface area contributed by atoms with Crippen molar-refractivity contribution >= 4 is 0 Å². The maximum atomic E-state index is 2.48. The Morgan fingerprint density at radius 2 is 1.00 bits per heavy atom. The Bertz CT molecular complexity index is 110. The zero-order valence-corrected chi connectivity index (χ0v) is 13.4.